The van der Waals surface area contributed by atoms with E-state index in [1.165, 1.54) is 17.9 Å². The third kappa shape index (κ3) is 3.88. The summed E-state index contributed by atoms with van der Waals surface area (Å²) in [5.74, 6) is -0.399. The van der Waals surface area contributed by atoms with Crippen molar-refractivity contribution in [2.75, 3.05) is 5.32 Å². The van der Waals surface area contributed by atoms with Gasteiger partial charge in [-0.05, 0) is 37.1 Å². The molecule has 0 saturated heterocycles. The molecule has 0 aliphatic rings. The molecule has 1 atom stereocenters. The Morgan fingerprint density at radius 3 is 2.60 bits per heavy atom. The van der Waals surface area contributed by atoms with Crippen LogP contribution in [0.1, 0.15) is 29.8 Å². The van der Waals surface area contributed by atoms with Crippen LogP contribution in [0.2, 0.25) is 0 Å². The Balaban J connectivity index is 1.72. The monoisotopic (exact) mass is 335 g/mol. The first-order valence-electron chi connectivity index (χ1n) is 8.27. The number of para-hydroxylation sites is 2. The third-order valence-corrected chi connectivity index (χ3v) is 4.06. The summed E-state index contributed by atoms with van der Waals surface area (Å²) >= 11 is 0. The first-order chi connectivity index (χ1) is 12.0. The summed E-state index contributed by atoms with van der Waals surface area (Å²) in [5.41, 5.74) is 3.24. The van der Waals surface area contributed by atoms with Crippen molar-refractivity contribution in [3.63, 3.8) is 0 Å². The molecular weight excluding hydrogens is 314 g/mol. The van der Waals surface area contributed by atoms with E-state index in [0.717, 1.165) is 11.9 Å². The Morgan fingerprint density at radius 1 is 1.08 bits per heavy atom. The molecule has 3 aromatic rings. The lowest BCUT2D eigenvalue weighted by molar-refractivity contribution is -0.114. The van der Waals surface area contributed by atoms with E-state index in [4.69, 9.17) is 0 Å². The van der Waals surface area contributed by atoms with Gasteiger partial charge in [0.1, 0.15) is 0 Å². The van der Waals surface area contributed by atoms with Gasteiger partial charge in [-0.25, -0.2) is 0 Å². The topological polar surface area (TPSA) is 74.0 Å². The molecule has 5 heteroatoms. The highest BCUT2D eigenvalue weighted by Crippen LogP contribution is 2.20. The smallest absolute Gasteiger partial charge is 0.253 e. The van der Waals surface area contributed by atoms with Crippen molar-refractivity contribution in [2.24, 2.45) is 0 Å². The minimum absolute atomic E-state index is 0.0444. The van der Waals surface area contributed by atoms with Crippen LogP contribution >= 0.6 is 0 Å². The van der Waals surface area contributed by atoms with Crippen molar-refractivity contribution in [3.8, 4) is 0 Å². The van der Waals surface area contributed by atoms with Gasteiger partial charge in [0.2, 0.25) is 5.91 Å². The molecule has 0 aliphatic carbocycles. The van der Waals surface area contributed by atoms with E-state index in [1.807, 2.05) is 31.3 Å². The summed E-state index contributed by atoms with van der Waals surface area (Å²) in [6, 6.07) is 15.1. The van der Waals surface area contributed by atoms with E-state index < -0.39 is 0 Å². The maximum Gasteiger partial charge on any atom is 0.253 e. The SMILES string of the molecule is CC(=O)Nc1ccccc1C(=O)NC(C)Cc1c[nH]c2ccccc12. The Morgan fingerprint density at radius 2 is 1.80 bits per heavy atom. The minimum Gasteiger partial charge on any atom is -0.361 e. The van der Waals surface area contributed by atoms with E-state index in [0.29, 0.717) is 11.3 Å². The maximum atomic E-state index is 12.6. The lowest BCUT2D eigenvalue weighted by Gasteiger charge is -2.15. The largest absolute Gasteiger partial charge is 0.361 e. The van der Waals surface area contributed by atoms with Crippen molar-refractivity contribution in [1.29, 1.82) is 0 Å². The van der Waals surface area contributed by atoms with Gasteiger partial charge in [-0.15, -0.1) is 0 Å². The van der Waals surface area contributed by atoms with Gasteiger partial charge in [0.15, 0.2) is 0 Å². The summed E-state index contributed by atoms with van der Waals surface area (Å²) in [7, 11) is 0. The Labute approximate surface area is 146 Å². The highest BCUT2D eigenvalue weighted by Gasteiger charge is 2.15. The summed E-state index contributed by atoms with van der Waals surface area (Å²) < 4.78 is 0. The molecule has 3 N–H and O–H groups in total. The molecule has 1 heterocycles. The molecule has 0 fully saturated rings. The molecule has 2 amide bonds. The predicted octanol–water partition coefficient (Wildman–Crippen LogP) is 3.49. The number of hydrogen-bond donors (Lipinski definition) is 3. The van der Waals surface area contributed by atoms with Gasteiger partial charge in [0, 0.05) is 30.1 Å². The fourth-order valence-electron chi connectivity index (χ4n) is 2.96. The molecular formula is C20H21N3O2. The highest BCUT2D eigenvalue weighted by molar-refractivity contribution is 6.03. The van der Waals surface area contributed by atoms with Crippen LogP contribution in [0, 0.1) is 0 Å². The molecule has 1 unspecified atom stereocenters. The predicted molar refractivity (Wildman–Crippen MR) is 99.7 cm³/mol. The van der Waals surface area contributed by atoms with Crippen LogP contribution in [0.15, 0.2) is 54.7 Å². The van der Waals surface area contributed by atoms with Crippen LogP contribution in [0.4, 0.5) is 5.69 Å². The molecule has 0 spiro atoms. The van der Waals surface area contributed by atoms with Crippen LogP contribution in [0.3, 0.4) is 0 Å². The normalized spacial score (nSPS) is 11.9. The summed E-state index contributed by atoms with van der Waals surface area (Å²) in [6.45, 7) is 3.40. The van der Waals surface area contributed by atoms with Crippen molar-refractivity contribution < 1.29 is 9.59 Å². The van der Waals surface area contributed by atoms with Gasteiger partial charge in [0.25, 0.3) is 5.91 Å². The molecule has 1 aromatic heterocycles. The van der Waals surface area contributed by atoms with Crippen LogP contribution < -0.4 is 10.6 Å². The lowest BCUT2D eigenvalue weighted by atomic mass is 10.1. The quantitative estimate of drug-likeness (QED) is 0.668. The number of aromatic nitrogens is 1. The summed E-state index contributed by atoms with van der Waals surface area (Å²) in [6.07, 6.45) is 2.70. The van der Waals surface area contributed by atoms with Crippen LogP contribution in [-0.4, -0.2) is 22.8 Å². The number of benzene rings is 2. The maximum absolute atomic E-state index is 12.6. The number of amides is 2. The first-order valence-corrected chi connectivity index (χ1v) is 8.27. The van der Waals surface area contributed by atoms with E-state index in [2.05, 4.69) is 21.7 Å². The van der Waals surface area contributed by atoms with E-state index in [9.17, 15) is 9.59 Å². The zero-order chi connectivity index (χ0) is 17.8. The van der Waals surface area contributed by atoms with Gasteiger partial charge in [-0.3, -0.25) is 9.59 Å². The minimum atomic E-state index is -0.202. The Kier molecular flexibility index (Phi) is 4.84. The number of anilines is 1. The van der Waals surface area contributed by atoms with E-state index >= 15 is 0 Å². The average molecular weight is 335 g/mol. The van der Waals surface area contributed by atoms with Crippen molar-refractivity contribution in [1.82, 2.24) is 10.3 Å². The Bertz CT molecular complexity index is 914. The summed E-state index contributed by atoms with van der Waals surface area (Å²) in [4.78, 5) is 27.1. The molecule has 128 valence electrons. The standard InChI is InChI=1S/C20H21N3O2/c1-13(11-15-12-21-18-9-5-3-7-16(15)18)22-20(25)17-8-4-6-10-19(17)23-14(2)24/h3-10,12-13,21H,11H2,1-2H3,(H,22,25)(H,23,24). The molecule has 0 aliphatic heterocycles. The number of nitrogens with one attached hydrogen (secondary N) is 3. The molecule has 2 aromatic carbocycles. The number of carbonyl (C=O) groups is 2. The molecule has 3 rings (SSSR count). The third-order valence-electron chi connectivity index (χ3n) is 4.06. The van der Waals surface area contributed by atoms with Gasteiger partial charge < -0.3 is 15.6 Å². The van der Waals surface area contributed by atoms with Crippen molar-refractivity contribution in [3.05, 3.63) is 65.9 Å². The van der Waals surface area contributed by atoms with Gasteiger partial charge in [-0.1, -0.05) is 30.3 Å². The average Bonchev–Trinajstić information content (AvgIpc) is 2.98. The summed E-state index contributed by atoms with van der Waals surface area (Å²) in [5, 5.41) is 6.87. The Hall–Kier alpha value is -3.08. The highest BCUT2D eigenvalue weighted by atomic mass is 16.2. The van der Waals surface area contributed by atoms with Crippen LogP contribution in [0.25, 0.3) is 10.9 Å². The molecule has 0 bridgehead atoms. The zero-order valence-electron chi connectivity index (χ0n) is 14.3. The number of hydrogen-bond acceptors (Lipinski definition) is 2. The molecule has 25 heavy (non-hydrogen) atoms. The molecule has 0 radical (unpaired) electrons. The van der Waals surface area contributed by atoms with Gasteiger partial charge in [-0.2, -0.15) is 0 Å². The van der Waals surface area contributed by atoms with E-state index in [1.54, 1.807) is 24.3 Å². The molecule has 0 saturated carbocycles. The number of aromatic amines is 1. The second-order valence-electron chi connectivity index (χ2n) is 6.16. The van der Waals surface area contributed by atoms with E-state index in [-0.39, 0.29) is 17.9 Å². The second-order valence-corrected chi connectivity index (χ2v) is 6.16. The number of fused-ring (bicyclic) bond motifs is 1. The van der Waals surface area contributed by atoms with Crippen LogP contribution in [0.5, 0.6) is 0 Å². The van der Waals surface area contributed by atoms with Gasteiger partial charge >= 0.3 is 0 Å². The molecule has 5 nitrogen and oxygen atoms in total. The second kappa shape index (κ2) is 7.21. The first kappa shape index (κ1) is 16.8. The van der Waals surface area contributed by atoms with Gasteiger partial charge in [0.05, 0.1) is 11.3 Å². The fourth-order valence-corrected chi connectivity index (χ4v) is 2.96. The zero-order valence-corrected chi connectivity index (χ0v) is 14.3. The number of rotatable bonds is 5. The number of carbonyl (C=O) groups excluding carboxylic acids is 2. The van der Waals surface area contributed by atoms with Crippen molar-refractivity contribution in [2.45, 2.75) is 26.3 Å². The van der Waals surface area contributed by atoms with Crippen molar-refractivity contribution >= 4 is 28.4 Å². The van der Waals surface area contributed by atoms with Crippen LogP contribution in [-0.2, 0) is 11.2 Å². The number of H-pyrrole nitrogens is 1. The lowest BCUT2D eigenvalue weighted by Crippen LogP contribution is -2.34. The fraction of sp³-hybridized carbons (Fsp3) is 0.200.